The number of nitrogens with one attached hydrogen (secondary N) is 2. The number of allylic oxidation sites excluding steroid dienone is 1. The lowest BCUT2D eigenvalue weighted by Gasteiger charge is -2.12. The minimum absolute atomic E-state index is 0.216. The number of aryl methyl sites for hydroxylation is 1. The van der Waals surface area contributed by atoms with Crippen molar-refractivity contribution in [1.29, 1.82) is 0 Å². The highest BCUT2D eigenvalue weighted by atomic mass is 19.1. The van der Waals surface area contributed by atoms with Gasteiger partial charge in [-0.15, -0.1) is 0 Å². The highest BCUT2D eigenvalue weighted by Crippen LogP contribution is 2.24. The molecule has 31 heavy (non-hydrogen) atoms. The van der Waals surface area contributed by atoms with E-state index < -0.39 is 0 Å². The van der Waals surface area contributed by atoms with Crippen molar-refractivity contribution in [2.45, 2.75) is 20.3 Å². The number of hydrogen-bond acceptors (Lipinski definition) is 4. The fourth-order valence-corrected chi connectivity index (χ4v) is 3.87. The number of aromatic nitrogens is 6. The molecule has 0 bridgehead atoms. The zero-order valence-corrected chi connectivity index (χ0v) is 17.4. The van der Waals surface area contributed by atoms with E-state index in [1.165, 1.54) is 6.07 Å². The van der Waals surface area contributed by atoms with Crippen molar-refractivity contribution in [2.24, 2.45) is 0 Å². The maximum atomic E-state index is 14.3. The fraction of sp³-hybridized carbons (Fsp3) is 0.174. The maximum Gasteiger partial charge on any atom is 0.180 e. The van der Waals surface area contributed by atoms with Gasteiger partial charge in [0.1, 0.15) is 11.6 Å². The van der Waals surface area contributed by atoms with Crippen LogP contribution in [-0.4, -0.2) is 35.4 Å². The number of hydrogen-bond donors (Lipinski definition) is 2. The van der Waals surface area contributed by atoms with Gasteiger partial charge in [-0.2, -0.15) is 0 Å². The first-order valence-corrected chi connectivity index (χ1v) is 10.1. The summed E-state index contributed by atoms with van der Waals surface area (Å²) in [6.45, 7) is 8.51. The summed E-state index contributed by atoms with van der Waals surface area (Å²) in [5, 5.41) is 4.02. The number of fused-ring (bicyclic) bond motifs is 2. The van der Waals surface area contributed by atoms with Crippen LogP contribution in [0, 0.1) is 12.7 Å². The minimum Gasteiger partial charge on any atom is -0.367 e. The molecule has 156 valence electrons. The van der Waals surface area contributed by atoms with Gasteiger partial charge in [0.25, 0.3) is 0 Å². The van der Waals surface area contributed by atoms with Crippen LogP contribution in [0.1, 0.15) is 24.0 Å². The van der Waals surface area contributed by atoms with E-state index in [0.717, 1.165) is 34.0 Å². The Morgan fingerprint density at radius 1 is 1.29 bits per heavy atom. The summed E-state index contributed by atoms with van der Waals surface area (Å²) in [5.74, 6) is 2.00. The van der Waals surface area contributed by atoms with Crippen LogP contribution in [0.2, 0.25) is 0 Å². The summed E-state index contributed by atoms with van der Waals surface area (Å²) in [5.41, 5.74) is 4.26. The van der Waals surface area contributed by atoms with Crippen LogP contribution < -0.4 is 5.32 Å². The Morgan fingerprint density at radius 3 is 2.94 bits per heavy atom. The molecular formula is C23H22FN7. The molecule has 4 heterocycles. The molecule has 7 nitrogen and oxygen atoms in total. The summed E-state index contributed by atoms with van der Waals surface area (Å²) < 4.78 is 18.2. The predicted molar refractivity (Wildman–Crippen MR) is 120 cm³/mol. The van der Waals surface area contributed by atoms with Gasteiger partial charge >= 0.3 is 0 Å². The quantitative estimate of drug-likeness (QED) is 0.427. The molecule has 0 unspecified atom stereocenters. The molecule has 0 aliphatic carbocycles. The Hall–Kier alpha value is -3.94. The van der Waals surface area contributed by atoms with Crippen LogP contribution in [0.15, 0.2) is 55.8 Å². The molecule has 0 aliphatic heterocycles. The molecule has 0 atom stereocenters. The Labute approximate surface area is 178 Å². The van der Waals surface area contributed by atoms with Gasteiger partial charge in [-0.3, -0.25) is 8.97 Å². The van der Waals surface area contributed by atoms with E-state index in [-0.39, 0.29) is 5.82 Å². The molecule has 5 aromatic rings. The molecule has 0 saturated heterocycles. The lowest BCUT2D eigenvalue weighted by atomic mass is 10.1. The number of H-pyrrole nitrogens is 1. The van der Waals surface area contributed by atoms with Crippen molar-refractivity contribution in [3.63, 3.8) is 0 Å². The average Bonchev–Trinajstić information content (AvgIpc) is 3.46. The Bertz CT molecular complexity index is 1420. The second-order valence-electron chi connectivity index (χ2n) is 7.56. The van der Waals surface area contributed by atoms with Crippen molar-refractivity contribution < 1.29 is 4.39 Å². The molecular weight excluding hydrogens is 393 g/mol. The Balaban J connectivity index is 1.50. The smallest absolute Gasteiger partial charge is 0.180 e. The molecule has 0 saturated carbocycles. The first-order valence-electron chi connectivity index (χ1n) is 10.1. The molecule has 5 rings (SSSR count). The normalized spacial score (nSPS) is 11.5. The van der Waals surface area contributed by atoms with Crippen molar-refractivity contribution >= 4 is 27.9 Å². The largest absolute Gasteiger partial charge is 0.367 e. The van der Waals surface area contributed by atoms with Crippen LogP contribution in [0.4, 0.5) is 10.2 Å². The molecule has 1 aromatic carbocycles. The van der Waals surface area contributed by atoms with Crippen LogP contribution in [-0.2, 0) is 6.42 Å². The van der Waals surface area contributed by atoms with Gasteiger partial charge in [-0.25, -0.2) is 19.3 Å². The van der Waals surface area contributed by atoms with E-state index in [4.69, 9.17) is 4.98 Å². The Kier molecular flexibility index (Phi) is 4.54. The summed E-state index contributed by atoms with van der Waals surface area (Å²) >= 11 is 0. The van der Waals surface area contributed by atoms with E-state index in [0.29, 0.717) is 29.8 Å². The van der Waals surface area contributed by atoms with Gasteiger partial charge in [-0.1, -0.05) is 12.6 Å². The molecule has 8 heteroatoms. The van der Waals surface area contributed by atoms with Crippen LogP contribution in [0.5, 0.6) is 0 Å². The summed E-state index contributed by atoms with van der Waals surface area (Å²) in [6, 6.07) is 5.07. The van der Waals surface area contributed by atoms with Gasteiger partial charge < -0.3 is 10.3 Å². The van der Waals surface area contributed by atoms with Crippen molar-refractivity contribution in [3.8, 4) is 5.82 Å². The van der Waals surface area contributed by atoms with Crippen LogP contribution in [0.25, 0.3) is 27.9 Å². The minimum atomic E-state index is -0.216. The van der Waals surface area contributed by atoms with E-state index in [9.17, 15) is 4.39 Å². The van der Waals surface area contributed by atoms with Gasteiger partial charge in [-0.05, 0) is 43.5 Å². The molecule has 0 aliphatic rings. The van der Waals surface area contributed by atoms with Gasteiger partial charge in [0, 0.05) is 36.0 Å². The SMILES string of the molecule is C=C(C)c1cnc2c(NCCc3c[nH]c4cccc(F)c34)nc(-n3ccnc3C)cn12. The highest BCUT2D eigenvalue weighted by molar-refractivity contribution is 5.83. The third-order valence-corrected chi connectivity index (χ3v) is 5.41. The third kappa shape index (κ3) is 3.26. The number of benzene rings is 1. The van der Waals surface area contributed by atoms with Gasteiger partial charge in [0.05, 0.1) is 18.1 Å². The number of anilines is 1. The second kappa shape index (κ2) is 7.39. The zero-order valence-electron chi connectivity index (χ0n) is 17.4. The topological polar surface area (TPSA) is 75.8 Å². The number of nitrogens with zero attached hydrogens (tertiary/aromatic N) is 5. The lowest BCUT2D eigenvalue weighted by Crippen LogP contribution is -2.11. The first kappa shape index (κ1) is 19.0. The third-order valence-electron chi connectivity index (χ3n) is 5.41. The van der Waals surface area contributed by atoms with E-state index >= 15 is 0 Å². The number of aromatic amines is 1. The van der Waals surface area contributed by atoms with Crippen molar-refractivity contribution in [2.75, 3.05) is 11.9 Å². The molecule has 0 radical (unpaired) electrons. The monoisotopic (exact) mass is 415 g/mol. The number of rotatable bonds is 6. The van der Waals surface area contributed by atoms with Crippen molar-refractivity contribution in [3.05, 3.63) is 78.7 Å². The maximum absolute atomic E-state index is 14.3. The molecule has 0 amide bonds. The standard InChI is InChI=1S/C23H22FN7/c1-14(2)19-12-28-23-22(29-20(13-31(19)23)30-10-9-25-15(30)3)26-8-7-16-11-27-18-6-4-5-17(24)21(16)18/h4-6,9-13,27H,1,7-8H2,2-3H3,(H,26,29). The summed E-state index contributed by atoms with van der Waals surface area (Å²) in [4.78, 5) is 16.8. The summed E-state index contributed by atoms with van der Waals surface area (Å²) in [6.07, 6.45) is 9.84. The highest BCUT2D eigenvalue weighted by Gasteiger charge is 2.14. The fourth-order valence-electron chi connectivity index (χ4n) is 3.87. The van der Waals surface area contributed by atoms with Gasteiger partial charge in [0.15, 0.2) is 17.3 Å². The number of halogens is 1. The molecule has 0 spiro atoms. The number of imidazole rings is 2. The first-order chi connectivity index (χ1) is 15.0. The van der Waals surface area contributed by atoms with Crippen molar-refractivity contribution in [1.82, 2.24) is 28.9 Å². The lowest BCUT2D eigenvalue weighted by molar-refractivity contribution is 0.639. The molecule has 4 aromatic heterocycles. The second-order valence-corrected chi connectivity index (χ2v) is 7.56. The van der Waals surface area contributed by atoms with E-state index in [1.807, 2.05) is 47.5 Å². The zero-order chi connectivity index (χ0) is 21.5. The van der Waals surface area contributed by atoms with E-state index in [2.05, 4.69) is 26.8 Å². The molecule has 2 N–H and O–H groups in total. The van der Waals surface area contributed by atoms with Gasteiger partial charge in [0.2, 0.25) is 0 Å². The predicted octanol–water partition coefficient (Wildman–Crippen LogP) is 4.53. The molecule has 0 fully saturated rings. The Morgan fingerprint density at radius 2 is 2.16 bits per heavy atom. The average molecular weight is 415 g/mol. The van der Waals surface area contributed by atoms with Crippen LogP contribution >= 0.6 is 0 Å². The van der Waals surface area contributed by atoms with E-state index in [1.54, 1.807) is 18.5 Å². The summed E-state index contributed by atoms with van der Waals surface area (Å²) in [7, 11) is 0. The van der Waals surface area contributed by atoms with Crippen LogP contribution in [0.3, 0.4) is 0 Å².